The quantitative estimate of drug-likeness (QED) is 0.503. The summed E-state index contributed by atoms with van der Waals surface area (Å²) in [7, 11) is 0. The minimum absolute atomic E-state index is 0.385. The Bertz CT molecular complexity index is 593. The normalized spacial score (nSPS) is 10.1. The predicted octanol–water partition coefficient (Wildman–Crippen LogP) is 1.68. The lowest BCUT2D eigenvalue weighted by Gasteiger charge is -2.02. The molecule has 2 rings (SSSR count). The number of ketones is 1. The van der Waals surface area contributed by atoms with Crippen molar-refractivity contribution in [3.8, 4) is 0 Å². The monoisotopic (exact) mass is 256 g/mol. The lowest BCUT2D eigenvalue weighted by Crippen LogP contribution is -2.40. The summed E-state index contributed by atoms with van der Waals surface area (Å²) in [6.45, 7) is 0.544. The summed E-state index contributed by atoms with van der Waals surface area (Å²) in [5.41, 5.74) is 1.47. The van der Waals surface area contributed by atoms with Crippen molar-refractivity contribution in [2.75, 3.05) is 0 Å². The molecule has 4 nitrogen and oxygen atoms in total. The maximum absolute atomic E-state index is 11.9. The number of carbonyl (C=O) groups is 2. The Morgan fingerprint density at radius 1 is 1.00 bits per heavy atom. The zero-order valence-corrected chi connectivity index (χ0v) is 10.3. The zero-order chi connectivity index (χ0) is 13.7. The van der Waals surface area contributed by atoms with Gasteiger partial charge in [0.1, 0.15) is 6.42 Å². The molecule has 0 amide bonds. The van der Waals surface area contributed by atoms with Crippen molar-refractivity contribution in [2.24, 2.45) is 0 Å². The molecular formula is C15H14NO3+. The minimum Gasteiger partial charge on any atom is -0.481 e. The molecule has 96 valence electrons. The van der Waals surface area contributed by atoms with E-state index < -0.39 is 12.4 Å². The van der Waals surface area contributed by atoms with Crippen LogP contribution in [0.5, 0.6) is 0 Å². The van der Waals surface area contributed by atoms with Crippen LogP contribution >= 0.6 is 0 Å². The van der Waals surface area contributed by atoms with E-state index in [-0.39, 0.29) is 5.78 Å². The van der Waals surface area contributed by atoms with E-state index in [1.807, 2.05) is 36.4 Å². The molecule has 1 aromatic carbocycles. The molecule has 0 saturated heterocycles. The number of hydrogen-bond donors (Lipinski definition) is 1. The molecule has 0 radical (unpaired) electrons. The second-order valence-electron chi connectivity index (χ2n) is 4.19. The second kappa shape index (κ2) is 5.91. The van der Waals surface area contributed by atoms with Crippen LogP contribution in [0.15, 0.2) is 54.7 Å². The third-order valence-electron chi connectivity index (χ3n) is 2.73. The van der Waals surface area contributed by atoms with Crippen molar-refractivity contribution in [3.05, 3.63) is 66.0 Å². The fourth-order valence-electron chi connectivity index (χ4n) is 1.88. The number of nitrogens with zero attached hydrogens (tertiary/aromatic N) is 1. The predicted molar refractivity (Wildman–Crippen MR) is 68.8 cm³/mol. The first-order chi connectivity index (χ1) is 9.16. The SMILES string of the molecule is O=C(O)CC(=O)c1cccc[n+]1Cc1ccccc1. The Labute approximate surface area is 110 Å². The third-order valence-corrected chi connectivity index (χ3v) is 2.73. The van der Waals surface area contributed by atoms with Gasteiger partial charge < -0.3 is 5.11 Å². The van der Waals surface area contributed by atoms with E-state index in [1.165, 1.54) is 0 Å². The molecule has 0 fully saturated rings. The number of benzene rings is 1. The van der Waals surface area contributed by atoms with Crippen LogP contribution in [0.25, 0.3) is 0 Å². The van der Waals surface area contributed by atoms with Crippen molar-refractivity contribution < 1.29 is 19.3 Å². The number of carboxylic acid groups (broad SMARTS) is 1. The van der Waals surface area contributed by atoms with Crippen LogP contribution in [0, 0.1) is 0 Å². The van der Waals surface area contributed by atoms with Crippen molar-refractivity contribution in [1.29, 1.82) is 0 Å². The lowest BCUT2D eigenvalue weighted by atomic mass is 10.1. The number of carbonyl (C=O) groups excluding carboxylic acids is 1. The molecule has 0 bridgehead atoms. The van der Waals surface area contributed by atoms with Crippen molar-refractivity contribution >= 4 is 11.8 Å². The molecule has 0 atom stereocenters. The van der Waals surface area contributed by atoms with Crippen LogP contribution in [0.2, 0.25) is 0 Å². The van der Waals surface area contributed by atoms with Gasteiger partial charge in [0.15, 0.2) is 12.7 Å². The topological polar surface area (TPSA) is 58.2 Å². The van der Waals surface area contributed by atoms with Gasteiger partial charge >= 0.3 is 5.97 Å². The average molecular weight is 256 g/mol. The standard InChI is InChI=1S/C15H13NO3/c17-14(10-15(18)19)13-8-4-5-9-16(13)11-12-6-2-1-3-7-12/h1-9H,10-11H2/p+1. The first kappa shape index (κ1) is 13.0. The van der Waals surface area contributed by atoms with E-state index in [0.29, 0.717) is 12.2 Å². The number of hydrogen-bond acceptors (Lipinski definition) is 2. The highest BCUT2D eigenvalue weighted by Crippen LogP contribution is 2.02. The summed E-state index contributed by atoms with van der Waals surface area (Å²) in [5.74, 6) is -1.50. The molecule has 0 unspecified atom stereocenters. The number of pyridine rings is 1. The van der Waals surface area contributed by atoms with Crippen LogP contribution in [0.3, 0.4) is 0 Å². The Balaban J connectivity index is 2.26. The van der Waals surface area contributed by atoms with Gasteiger partial charge in [0.2, 0.25) is 11.5 Å². The molecule has 1 aromatic heterocycles. The highest BCUT2D eigenvalue weighted by Gasteiger charge is 2.20. The molecule has 0 saturated carbocycles. The summed E-state index contributed by atoms with van der Waals surface area (Å²) in [6.07, 6.45) is 1.29. The summed E-state index contributed by atoms with van der Waals surface area (Å²) in [4.78, 5) is 22.5. The van der Waals surface area contributed by atoms with Gasteiger partial charge in [-0.3, -0.25) is 9.59 Å². The molecule has 0 aliphatic carbocycles. The largest absolute Gasteiger partial charge is 0.481 e. The maximum atomic E-state index is 11.9. The van der Waals surface area contributed by atoms with Crippen LogP contribution in [-0.2, 0) is 11.3 Å². The number of aliphatic carboxylic acids is 1. The van der Waals surface area contributed by atoms with E-state index in [1.54, 1.807) is 22.9 Å². The highest BCUT2D eigenvalue weighted by molar-refractivity contribution is 6.03. The van der Waals surface area contributed by atoms with Crippen LogP contribution < -0.4 is 4.57 Å². The number of carboxylic acids is 1. The zero-order valence-electron chi connectivity index (χ0n) is 10.3. The molecule has 2 aromatic rings. The van der Waals surface area contributed by atoms with Crippen LogP contribution in [0.4, 0.5) is 0 Å². The fourth-order valence-corrected chi connectivity index (χ4v) is 1.88. The smallest absolute Gasteiger partial charge is 0.311 e. The Morgan fingerprint density at radius 2 is 1.68 bits per heavy atom. The lowest BCUT2D eigenvalue weighted by molar-refractivity contribution is -0.690. The van der Waals surface area contributed by atoms with Crippen molar-refractivity contribution in [3.63, 3.8) is 0 Å². The highest BCUT2D eigenvalue weighted by atomic mass is 16.4. The minimum atomic E-state index is -1.11. The van der Waals surface area contributed by atoms with Gasteiger partial charge in [-0.15, -0.1) is 0 Å². The summed E-state index contributed by atoms with van der Waals surface area (Å²) >= 11 is 0. The van der Waals surface area contributed by atoms with E-state index in [0.717, 1.165) is 5.56 Å². The van der Waals surface area contributed by atoms with E-state index in [2.05, 4.69) is 0 Å². The molecule has 4 heteroatoms. The molecule has 0 aliphatic rings. The molecular weight excluding hydrogens is 242 g/mol. The van der Waals surface area contributed by atoms with Crippen molar-refractivity contribution in [1.82, 2.24) is 0 Å². The average Bonchev–Trinajstić information content (AvgIpc) is 2.39. The molecule has 1 heterocycles. The first-order valence-corrected chi connectivity index (χ1v) is 5.94. The first-order valence-electron chi connectivity index (χ1n) is 5.94. The van der Waals surface area contributed by atoms with Gasteiger partial charge in [0, 0.05) is 17.7 Å². The Hall–Kier alpha value is -2.49. The van der Waals surface area contributed by atoms with Gasteiger partial charge in [-0.25, -0.2) is 0 Å². The van der Waals surface area contributed by atoms with Crippen molar-refractivity contribution in [2.45, 2.75) is 13.0 Å². The van der Waals surface area contributed by atoms with Crippen LogP contribution in [0.1, 0.15) is 22.5 Å². The summed E-state index contributed by atoms with van der Waals surface area (Å²) < 4.78 is 1.76. The molecule has 19 heavy (non-hydrogen) atoms. The molecule has 0 aliphatic heterocycles. The fraction of sp³-hybridized carbons (Fsp3) is 0.133. The number of Topliss-reactive ketones (excluding diaryl/α,β-unsaturated/α-hetero) is 1. The van der Waals surface area contributed by atoms with Gasteiger partial charge in [0.25, 0.3) is 0 Å². The summed E-state index contributed by atoms with van der Waals surface area (Å²) in [6, 6.07) is 14.9. The van der Waals surface area contributed by atoms with Gasteiger partial charge in [0.05, 0.1) is 0 Å². The summed E-state index contributed by atoms with van der Waals surface area (Å²) in [5, 5.41) is 8.70. The van der Waals surface area contributed by atoms with E-state index in [9.17, 15) is 9.59 Å². The third kappa shape index (κ3) is 3.48. The molecule has 1 N–H and O–H groups in total. The molecule has 0 spiro atoms. The maximum Gasteiger partial charge on any atom is 0.311 e. The Kier molecular flexibility index (Phi) is 4.03. The van der Waals surface area contributed by atoms with Gasteiger partial charge in [-0.05, 0) is 6.07 Å². The van der Waals surface area contributed by atoms with E-state index in [4.69, 9.17) is 5.11 Å². The van der Waals surface area contributed by atoms with Gasteiger partial charge in [-0.2, -0.15) is 4.57 Å². The van der Waals surface area contributed by atoms with Gasteiger partial charge in [-0.1, -0.05) is 30.3 Å². The number of rotatable bonds is 5. The van der Waals surface area contributed by atoms with E-state index >= 15 is 0 Å². The van der Waals surface area contributed by atoms with Crippen LogP contribution in [-0.4, -0.2) is 16.9 Å². The Morgan fingerprint density at radius 3 is 2.37 bits per heavy atom. The number of aromatic nitrogens is 1. The second-order valence-corrected chi connectivity index (χ2v) is 4.19.